The van der Waals surface area contributed by atoms with E-state index < -0.39 is 0 Å². The molecule has 5 nitrogen and oxygen atoms in total. The van der Waals surface area contributed by atoms with Crippen LogP contribution >= 0.6 is 15.9 Å². The van der Waals surface area contributed by atoms with Crippen molar-refractivity contribution in [3.63, 3.8) is 0 Å². The Hall–Kier alpha value is -2.73. The van der Waals surface area contributed by atoms with Crippen LogP contribution in [0.25, 0.3) is 0 Å². The Morgan fingerprint density at radius 3 is 2.56 bits per heavy atom. The first-order valence-corrected chi connectivity index (χ1v) is 8.58. The zero-order valence-corrected chi connectivity index (χ0v) is 15.2. The fraction of sp³-hybridized carbons (Fsp3) is 0.105. The van der Waals surface area contributed by atoms with E-state index in [9.17, 15) is 4.79 Å². The lowest BCUT2D eigenvalue weighted by molar-refractivity contribution is 0.102. The van der Waals surface area contributed by atoms with Gasteiger partial charge in [-0.3, -0.25) is 4.79 Å². The molecule has 0 aliphatic carbocycles. The topological polar surface area (TPSA) is 66.9 Å². The third kappa shape index (κ3) is 4.87. The van der Waals surface area contributed by atoms with E-state index in [1.54, 1.807) is 6.20 Å². The molecule has 3 rings (SSSR count). The van der Waals surface area contributed by atoms with Crippen molar-refractivity contribution in [3.05, 3.63) is 82.2 Å². The van der Waals surface area contributed by atoms with Crippen LogP contribution in [0.4, 0.5) is 11.5 Å². The standard InChI is InChI=1S/C19H17BrN4O/c1-13-3-2-4-14(9-13)10-22-18-12-21-17(11-23-18)19(25)24-16-7-5-15(20)6-8-16/h2-9,11-12H,10H2,1H3,(H,22,23)(H,24,25). The third-order valence-electron chi connectivity index (χ3n) is 3.54. The highest BCUT2D eigenvalue weighted by atomic mass is 79.9. The van der Waals surface area contributed by atoms with E-state index in [1.807, 2.05) is 36.4 Å². The summed E-state index contributed by atoms with van der Waals surface area (Å²) in [6.45, 7) is 2.71. The largest absolute Gasteiger partial charge is 0.365 e. The van der Waals surface area contributed by atoms with Gasteiger partial charge in [-0.25, -0.2) is 9.97 Å². The maximum Gasteiger partial charge on any atom is 0.275 e. The molecule has 0 radical (unpaired) electrons. The molecule has 1 aromatic heterocycles. The zero-order valence-electron chi connectivity index (χ0n) is 13.7. The number of hydrogen-bond donors (Lipinski definition) is 2. The van der Waals surface area contributed by atoms with Gasteiger partial charge in [0.1, 0.15) is 11.5 Å². The molecule has 25 heavy (non-hydrogen) atoms. The number of anilines is 2. The molecule has 0 aliphatic rings. The highest BCUT2D eigenvalue weighted by Crippen LogP contribution is 2.15. The smallest absolute Gasteiger partial charge is 0.275 e. The number of nitrogens with one attached hydrogen (secondary N) is 2. The molecule has 2 aromatic carbocycles. The van der Waals surface area contributed by atoms with Crippen LogP contribution in [-0.4, -0.2) is 15.9 Å². The van der Waals surface area contributed by atoms with Crippen molar-refractivity contribution in [2.75, 3.05) is 10.6 Å². The van der Waals surface area contributed by atoms with E-state index in [-0.39, 0.29) is 11.6 Å². The van der Waals surface area contributed by atoms with Gasteiger partial charge in [0.05, 0.1) is 12.4 Å². The second kappa shape index (κ2) is 7.90. The molecule has 0 aliphatic heterocycles. The summed E-state index contributed by atoms with van der Waals surface area (Å²) in [6.07, 6.45) is 3.03. The molecule has 1 amide bonds. The second-order valence-electron chi connectivity index (χ2n) is 5.59. The number of benzene rings is 2. The first kappa shape index (κ1) is 17.1. The quantitative estimate of drug-likeness (QED) is 0.669. The minimum absolute atomic E-state index is 0.268. The first-order chi connectivity index (χ1) is 12.1. The van der Waals surface area contributed by atoms with Crippen molar-refractivity contribution in [1.29, 1.82) is 0 Å². The van der Waals surface area contributed by atoms with Crippen LogP contribution in [0.3, 0.4) is 0 Å². The Kier molecular flexibility index (Phi) is 5.40. The van der Waals surface area contributed by atoms with Crippen molar-refractivity contribution in [3.8, 4) is 0 Å². The number of aryl methyl sites for hydroxylation is 1. The highest BCUT2D eigenvalue weighted by Gasteiger charge is 2.08. The molecule has 0 atom stereocenters. The zero-order chi connectivity index (χ0) is 17.6. The molecule has 1 heterocycles. The molecule has 2 N–H and O–H groups in total. The van der Waals surface area contributed by atoms with Crippen LogP contribution in [0.5, 0.6) is 0 Å². The van der Waals surface area contributed by atoms with Crippen molar-refractivity contribution >= 4 is 33.3 Å². The van der Waals surface area contributed by atoms with Gasteiger partial charge in [-0.05, 0) is 36.8 Å². The summed E-state index contributed by atoms with van der Waals surface area (Å²) < 4.78 is 0.953. The lowest BCUT2D eigenvalue weighted by atomic mass is 10.1. The number of halogens is 1. The van der Waals surface area contributed by atoms with Crippen LogP contribution < -0.4 is 10.6 Å². The molecular weight excluding hydrogens is 380 g/mol. The first-order valence-electron chi connectivity index (χ1n) is 7.78. The van der Waals surface area contributed by atoms with Crippen molar-refractivity contribution in [2.45, 2.75) is 13.5 Å². The summed E-state index contributed by atoms with van der Waals surface area (Å²) >= 11 is 3.36. The summed E-state index contributed by atoms with van der Waals surface area (Å²) in [6, 6.07) is 15.6. The molecule has 3 aromatic rings. The number of carbonyl (C=O) groups excluding carboxylic acids is 1. The Bertz CT molecular complexity index is 863. The Labute approximate surface area is 154 Å². The van der Waals surface area contributed by atoms with Crippen LogP contribution in [-0.2, 0) is 6.54 Å². The number of carbonyl (C=O) groups is 1. The van der Waals surface area contributed by atoms with Gasteiger partial charge >= 0.3 is 0 Å². The van der Waals surface area contributed by atoms with Gasteiger partial charge in [0, 0.05) is 16.7 Å². The maximum absolute atomic E-state index is 12.2. The fourth-order valence-electron chi connectivity index (χ4n) is 2.28. The predicted molar refractivity (Wildman–Crippen MR) is 103 cm³/mol. The van der Waals surface area contributed by atoms with Gasteiger partial charge in [-0.15, -0.1) is 0 Å². The van der Waals surface area contributed by atoms with E-state index in [0.717, 1.165) is 4.47 Å². The van der Waals surface area contributed by atoms with Gasteiger partial charge in [-0.2, -0.15) is 0 Å². The van der Waals surface area contributed by atoms with E-state index in [0.29, 0.717) is 18.1 Å². The average Bonchev–Trinajstić information content (AvgIpc) is 2.62. The van der Waals surface area contributed by atoms with Crippen LogP contribution in [0.15, 0.2) is 65.4 Å². The maximum atomic E-state index is 12.2. The SMILES string of the molecule is Cc1cccc(CNc2cnc(C(=O)Nc3ccc(Br)cc3)cn2)c1. The minimum atomic E-state index is -0.292. The summed E-state index contributed by atoms with van der Waals surface area (Å²) in [7, 11) is 0. The Morgan fingerprint density at radius 2 is 1.88 bits per heavy atom. The second-order valence-corrected chi connectivity index (χ2v) is 6.51. The van der Waals surface area contributed by atoms with Crippen LogP contribution in [0.1, 0.15) is 21.6 Å². The van der Waals surface area contributed by atoms with E-state index >= 15 is 0 Å². The lowest BCUT2D eigenvalue weighted by Gasteiger charge is -2.07. The molecular formula is C19H17BrN4O. The van der Waals surface area contributed by atoms with Gasteiger partial charge in [0.2, 0.25) is 0 Å². The van der Waals surface area contributed by atoms with Crippen molar-refractivity contribution < 1.29 is 4.79 Å². The van der Waals surface area contributed by atoms with Gasteiger partial charge < -0.3 is 10.6 Å². The van der Waals surface area contributed by atoms with Crippen LogP contribution in [0.2, 0.25) is 0 Å². The molecule has 0 fully saturated rings. The Balaban J connectivity index is 1.59. The number of hydrogen-bond acceptors (Lipinski definition) is 4. The molecule has 0 spiro atoms. The molecule has 0 unspecified atom stereocenters. The van der Waals surface area contributed by atoms with Crippen LogP contribution in [0, 0.1) is 6.92 Å². The summed E-state index contributed by atoms with van der Waals surface area (Å²) in [5.74, 6) is 0.335. The molecule has 126 valence electrons. The van der Waals surface area contributed by atoms with Gasteiger partial charge in [0.15, 0.2) is 0 Å². The normalized spacial score (nSPS) is 10.3. The van der Waals surface area contributed by atoms with Gasteiger partial charge in [-0.1, -0.05) is 45.8 Å². The monoisotopic (exact) mass is 396 g/mol. The summed E-state index contributed by atoms with van der Waals surface area (Å²) in [5.41, 5.74) is 3.35. The van der Waals surface area contributed by atoms with E-state index in [4.69, 9.17) is 0 Å². The van der Waals surface area contributed by atoms with E-state index in [2.05, 4.69) is 55.6 Å². The Morgan fingerprint density at radius 1 is 1.08 bits per heavy atom. The van der Waals surface area contributed by atoms with Gasteiger partial charge in [0.25, 0.3) is 5.91 Å². The third-order valence-corrected chi connectivity index (χ3v) is 4.07. The minimum Gasteiger partial charge on any atom is -0.365 e. The predicted octanol–water partition coefficient (Wildman–Crippen LogP) is 4.41. The van der Waals surface area contributed by atoms with Crippen molar-refractivity contribution in [1.82, 2.24) is 9.97 Å². The number of nitrogens with zero attached hydrogens (tertiary/aromatic N) is 2. The summed E-state index contributed by atoms with van der Waals surface area (Å²) in [4.78, 5) is 20.6. The highest BCUT2D eigenvalue weighted by molar-refractivity contribution is 9.10. The number of amides is 1. The van der Waals surface area contributed by atoms with E-state index in [1.165, 1.54) is 17.3 Å². The average molecular weight is 397 g/mol. The molecule has 0 saturated heterocycles. The number of aromatic nitrogens is 2. The summed E-state index contributed by atoms with van der Waals surface area (Å²) in [5, 5.41) is 5.99. The molecule has 6 heteroatoms. The van der Waals surface area contributed by atoms with Crippen molar-refractivity contribution in [2.24, 2.45) is 0 Å². The molecule has 0 bridgehead atoms. The fourth-order valence-corrected chi connectivity index (χ4v) is 2.54. The molecule has 0 saturated carbocycles. The number of rotatable bonds is 5. The lowest BCUT2D eigenvalue weighted by Crippen LogP contribution is -2.14.